The molecular weight excluding hydrogens is 316 g/mol. The zero-order valence-corrected chi connectivity index (χ0v) is 14.9. The Labute approximate surface area is 148 Å². The van der Waals surface area contributed by atoms with Crippen LogP contribution < -0.4 is 0 Å². The molecule has 1 aromatic heterocycles. The second-order valence-corrected chi connectivity index (χ2v) is 6.91. The average molecular weight is 342 g/mol. The lowest BCUT2D eigenvalue weighted by atomic mass is 9.94. The van der Waals surface area contributed by atoms with E-state index < -0.39 is 0 Å². The Morgan fingerprint density at radius 3 is 2.80 bits per heavy atom. The van der Waals surface area contributed by atoms with Gasteiger partial charge < -0.3 is 14.4 Å². The number of rotatable bonds is 5. The van der Waals surface area contributed by atoms with Crippen LogP contribution in [-0.2, 0) is 11.2 Å². The van der Waals surface area contributed by atoms with Crippen molar-refractivity contribution < 1.29 is 14.3 Å². The van der Waals surface area contributed by atoms with E-state index in [9.17, 15) is 9.90 Å². The van der Waals surface area contributed by atoms with Crippen molar-refractivity contribution in [2.45, 2.75) is 45.6 Å². The number of aliphatic hydroxyl groups excluding tert-OH is 1. The van der Waals surface area contributed by atoms with Crippen LogP contribution in [0.3, 0.4) is 0 Å². The molecule has 25 heavy (non-hydrogen) atoms. The molecule has 2 aromatic rings. The minimum atomic E-state index is 0.114. The quantitative estimate of drug-likeness (QED) is 0.906. The monoisotopic (exact) mass is 342 g/mol. The highest BCUT2D eigenvalue weighted by molar-refractivity contribution is 5.76. The van der Waals surface area contributed by atoms with E-state index in [-0.39, 0.29) is 24.5 Å². The maximum absolute atomic E-state index is 12.6. The fourth-order valence-corrected chi connectivity index (χ4v) is 3.45. The van der Waals surface area contributed by atoms with Gasteiger partial charge in [0.15, 0.2) is 11.7 Å². The van der Waals surface area contributed by atoms with Gasteiger partial charge in [0, 0.05) is 37.6 Å². The van der Waals surface area contributed by atoms with Gasteiger partial charge in [-0.05, 0) is 32.6 Å². The van der Waals surface area contributed by atoms with Gasteiger partial charge in [0.05, 0.1) is 5.69 Å². The first-order valence-electron chi connectivity index (χ1n) is 9.00. The Kier molecular flexibility index (Phi) is 5.53. The van der Waals surface area contributed by atoms with Gasteiger partial charge in [-0.3, -0.25) is 4.79 Å². The minimum Gasteiger partial charge on any atom is -0.440 e. The van der Waals surface area contributed by atoms with E-state index in [0.29, 0.717) is 25.3 Å². The molecular formula is C20H26N2O3. The summed E-state index contributed by atoms with van der Waals surface area (Å²) in [6.07, 6.45) is 2.82. The molecule has 1 amide bonds. The number of hydrogen-bond donors (Lipinski definition) is 1. The molecule has 1 fully saturated rings. The second-order valence-electron chi connectivity index (χ2n) is 6.91. The third-order valence-corrected chi connectivity index (χ3v) is 4.99. The fraction of sp³-hybridized carbons (Fsp3) is 0.500. The highest BCUT2D eigenvalue weighted by atomic mass is 16.4. The summed E-state index contributed by atoms with van der Waals surface area (Å²) in [4.78, 5) is 19.0. The number of benzene rings is 1. The maximum atomic E-state index is 12.6. The molecule has 1 aliphatic heterocycles. The molecule has 5 nitrogen and oxygen atoms in total. The number of piperidine rings is 1. The first-order valence-corrected chi connectivity index (χ1v) is 9.00. The van der Waals surface area contributed by atoms with E-state index in [4.69, 9.17) is 4.42 Å². The van der Waals surface area contributed by atoms with Crippen molar-refractivity contribution in [1.82, 2.24) is 9.88 Å². The summed E-state index contributed by atoms with van der Waals surface area (Å²) in [5.41, 5.74) is 1.85. The first-order chi connectivity index (χ1) is 12.1. The second kappa shape index (κ2) is 7.83. The molecule has 3 rings (SSSR count). The molecule has 1 saturated heterocycles. The van der Waals surface area contributed by atoms with Crippen molar-refractivity contribution >= 4 is 5.91 Å². The zero-order valence-electron chi connectivity index (χ0n) is 14.9. The number of likely N-dealkylation sites (tertiary alicyclic amines) is 1. The van der Waals surface area contributed by atoms with Crippen LogP contribution in [0.1, 0.15) is 37.8 Å². The summed E-state index contributed by atoms with van der Waals surface area (Å²) in [6, 6.07) is 10.1. The summed E-state index contributed by atoms with van der Waals surface area (Å²) < 4.78 is 5.89. The summed E-state index contributed by atoms with van der Waals surface area (Å²) >= 11 is 0. The molecule has 1 aliphatic rings. The lowest BCUT2D eigenvalue weighted by Gasteiger charge is -2.37. The third kappa shape index (κ3) is 4.10. The van der Waals surface area contributed by atoms with Gasteiger partial charge in [-0.2, -0.15) is 0 Å². The van der Waals surface area contributed by atoms with Crippen LogP contribution in [0, 0.1) is 12.8 Å². The van der Waals surface area contributed by atoms with Crippen molar-refractivity contribution in [3.8, 4) is 11.3 Å². The highest BCUT2D eigenvalue weighted by Gasteiger charge is 2.28. The van der Waals surface area contributed by atoms with Crippen molar-refractivity contribution in [1.29, 1.82) is 0 Å². The Hall–Kier alpha value is -2.14. The molecule has 1 N–H and O–H groups in total. The highest BCUT2D eigenvalue weighted by Crippen LogP contribution is 2.26. The van der Waals surface area contributed by atoms with E-state index in [1.54, 1.807) is 0 Å². The summed E-state index contributed by atoms with van der Waals surface area (Å²) in [6.45, 7) is 4.80. The van der Waals surface area contributed by atoms with Gasteiger partial charge >= 0.3 is 0 Å². The largest absolute Gasteiger partial charge is 0.440 e. The summed E-state index contributed by atoms with van der Waals surface area (Å²) in [7, 11) is 0. The van der Waals surface area contributed by atoms with Gasteiger partial charge in [0.2, 0.25) is 5.91 Å². The van der Waals surface area contributed by atoms with Crippen LogP contribution >= 0.6 is 0 Å². The normalized spacial score (nSPS) is 20.7. The van der Waals surface area contributed by atoms with E-state index >= 15 is 0 Å². The molecule has 0 radical (unpaired) electrons. The smallest absolute Gasteiger partial charge is 0.223 e. The van der Waals surface area contributed by atoms with Crippen LogP contribution in [0.15, 0.2) is 34.7 Å². The van der Waals surface area contributed by atoms with E-state index in [0.717, 1.165) is 29.9 Å². The van der Waals surface area contributed by atoms with Gasteiger partial charge in [-0.1, -0.05) is 30.3 Å². The van der Waals surface area contributed by atoms with E-state index in [1.807, 2.05) is 42.2 Å². The number of hydrogen-bond acceptors (Lipinski definition) is 4. The lowest BCUT2D eigenvalue weighted by Crippen LogP contribution is -2.46. The third-order valence-electron chi connectivity index (χ3n) is 4.99. The lowest BCUT2D eigenvalue weighted by molar-refractivity contribution is -0.136. The number of amides is 1. The molecule has 0 spiro atoms. The number of carbonyl (C=O) groups is 1. The SMILES string of the molecule is Cc1nc(CCC(=O)N2CC(CO)CCC2C)oc1-c1ccccc1. The number of aryl methyl sites for hydroxylation is 2. The van der Waals surface area contributed by atoms with Gasteiger partial charge in [0.25, 0.3) is 0 Å². The van der Waals surface area contributed by atoms with Crippen molar-refractivity contribution in [2.75, 3.05) is 13.2 Å². The molecule has 0 aliphatic carbocycles. The van der Waals surface area contributed by atoms with E-state index in [1.165, 1.54) is 0 Å². The van der Waals surface area contributed by atoms with Crippen LogP contribution in [0.2, 0.25) is 0 Å². The number of carbonyl (C=O) groups excluding carboxylic acids is 1. The molecule has 0 saturated carbocycles. The Balaban J connectivity index is 1.63. The number of oxazole rings is 1. The maximum Gasteiger partial charge on any atom is 0.223 e. The van der Waals surface area contributed by atoms with Gasteiger partial charge in [0.1, 0.15) is 0 Å². The van der Waals surface area contributed by atoms with E-state index in [2.05, 4.69) is 11.9 Å². The minimum absolute atomic E-state index is 0.114. The fourth-order valence-electron chi connectivity index (χ4n) is 3.45. The molecule has 0 bridgehead atoms. The first kappa shape index (κ1) is 17.7. The van der Waals surface area contributed by atoms with Crippen LogP contribution in [0.5, 0.6) is 0 Å². The van der Waals surface area contributed by atoms with Gasteiger partial charge in [-0.25, -0.2) is 4.98 Å². The standard InChI is InChI=1S/C20H26N2O3/c1-14-8-9-16(13-23)12-22(14)19(24)11-10-18-21-15(2)20(25-18)17-6-4-3-5-7-17/h3-7,14,16,23H,8-13H2,1-2H3. The average Bonchev–Trinajstić information content (AvgIpc) is 3.01. The topological polar surface area (TPSA) is 66.6 Å². The predicted octanol–water partition coefficient (Wildman–Crippen LogP) is 3.20. The van der Waals surface area contributed by atoms with Gasteiger partial charge in [-0.15, -0.1) is 0 Å². The summed E-state index contributed by atoms with van der Waals surface area (Å²) in [5, 5.41) is 9.36. The molecule has 2 atom stereocenters. The molecule has 2 unspecified atom stereocenters. The van der Waals surface area contributed by atoms with Crippen molar-refractivity contribution in [3.05, 3.63) is 41.9 Å². The van der Waals surface area contributed by atoms with Crippen LogP contribution in [0.25, 0.3) is 11.3 Å². The van der Waals surface area contributed by atoms with Crippen molar-refractivity contribution in [3.63, 3.8) is 0 Å². The number of aliphatic hydroxyl groups is 1. The molecule has 2 heterocycles. The van der Waals surface area contributed by atoms with Crippen molar-refractivity contribution in [2.24, 2.45) is 5.92 Å². The Morgan fingerprint density at radius 1 is 1.32 bits per heavy atom. The van der Waals surface area contributed by atoms with Crippen LogP contribution in [0.4, 0.5) is 0 Å². The Morgan fingerprint density at radius 2 is 2.08 bits per heavy atom. The number of nitrogens with zero attached hydrogens (tertiary/aromatic N) is 2. The predicted molar refractivity (Wildman–Crippen MR) is 96.0 cm³/mol. The summed E-state index contributed by atoms with van der Waals surface area (Å²) in [5.74, 6) is 1.69. The molecule has 5 heteroatoms. The zero-order chi connectivity index (χ0) is 17.8. The Bertz CT molecular complexity index is 711. The molecule has 1 aromatic carbocycles. The van der Waals surface area contributed by atoms with Crippen LogP contribution in [-0.4, -0.2) is 40.1 Å². The number of aromatic nitrogens is 1. The molecule has 134 valence electrons.